The second kappa shape index (κ2) is 7.99. The van der Waals surface area contributed by atoms with E-state index in [9.17, 15) is 0 Å². The van der Waals surface area contributed by atoms with Crippen LogP contribution in [0.1, 0.15) is 0 Å². The Bertz CT molecular complexity index is 207. The van der Waals surface area contributed by atoms with E-state index in [1.807, 2.05) is 0 Å². The first-order valence-corrected chi connectivity index (χ1v) is 2.96. The number of allylic oxidation sites excluding steroid dienone is 1. The van der Waals surface area contributed by atoms with Crippen molar-refractivity contribution in [2.24, 2.45) is 0 Å². The summed E-state index contributed by atoms with van der Waals surface area (Å²) in [6.07, 6.45) is 6.07. The first-order chi connectivity index (χ1) is 4.86. The van der Waals surface area contributed by atoms with Crippen LogP contribution in [0.4, 0.5) is 0 Å². The molecule has 1 rings (SSSR count). The standard InChI is InChI=1S/C8H9O2.HI.Zn/c1-9-7-4-3-5-8(6-7)10-2;;/h4-6H,1-2H3;1H;/p-1. The largest absolute Gasteiger partial charge is 1.00 e. The molecule has 0 N–H and O–H groups in total. The number of ether oxygens (including phenoxy) is 2. The summed E-state index contributed by atoms with van der Waals surface area (Å²) in [4.78, 5) is 0. The van der Waals surface area contributed by atoms with Crippen LogP contribution < -0.4 is 24.0 Å². The van der Waals surface area contributed by atoms with Crippen molar-refractivity contribution < 1.29 is 52.9 Å². The Labute approximate surface area is 102 Å². The Morgan fingerprint density at radius 2 is 1.83 bits per heavy atom. The van der Waals surface area contributed by atoms with E-state index in [1.165, 1.54) is 0 Å². The van der Waals surface area contributed by atoms with Crippen LogP contribution in [0.25, 0.3) is 0 Å². The van der Waals surface area contributed by atoms with Gasteiger partial charge >= 0.3 is 0 Å². The van der Waals surface area contributed by atoms with Gasteiger partial charge in [0.05, 0.1) is 7.11 Å². The fourth-order valence-corrected chi connectivity index (χ4v) is 0.665. The summed E-state index contributed by atoms with van der Waals surface area (Å²) in [5, 5.41) is 0. The molecule has 1 aliphatic carbocycles. The van der Waals surface area contributed by atoms with Crippen molar-refractivity contribution in [2.45, 2.75) is 0 Å². The van der Waals surface area contributed by atoms with Gasteiger partial charge in [0.2, 0.25) is 0 Å². The molecule has 0 aromatic carbocycles. The van der Waals surface area contributed by atoms with Crippen LogP contribution in [0.3, 0.4) is 0 Å². The molecule has 4 heteroatoms. The zero-order valence-corrected chi connectivity index (χ0v) is 12.3. The second-order valence-electron chi connectivity index (χ2n) is 1.81. The predicted octanol–water partition coefficient (Wildman–Crippen LogP) is -1.58. The predicted molar refractivity (Wildman–Crippen MR) is 38.0 cm³/mol. The molecule has 0 fully saturated rings. The SMILES string of the molecule is CO[C]1C=C=CC(OC)=C1.[I-].[Zn]. The van der Waals surface area contributed by atoms with Gasteiger partial charge in [0.25, 0.3) is 0 Å². The number of rotatable bonds is 2. The molecule has 0 atom stereocenters. The quantitative estimate of drug-likeness (QED) is 0.346. The van der Waals surface area contributed by atoms with Gasteiger partial charge in [0, 0.05) is 32.7 Å². The van der Waals surface area contributed by atoms with E-state index < -0.39 is 0 Å². The summed E-state index contributed by atoms with van der Waals surface area (Å²) < 4.78 is 9.89. The normalized spacial score (nSPS) is 14.3. The van der Waals surface area contributed by atoms with Crippen molar-refractivity contribution in [3.8, 4) is 0 Å². The van der Waals surface area contributed by atoms with Crippen molar-refractivity contribution in [1.29, 1.82) is 0 Å². The van der Waals surface area contributed by atoms with E-state index in [0.717, 1.165) is 11.9 Å². The van der Waals surface area contributed by atoms with E-state index in [2.05, 4.69) is 5.73 Å². The summed E-state index contributed by atoms with van der Waals surface area (Å²) in [5.41, 5.74) is 2.88. The molecular weight excluding hydrogens is 320 g/mol. The smallest absolute Gasteiger partial charge is 0.152 e. The molecule has 0 unspecified atom stereocenters. The Balaban J connectivity index is 0. The number of halogens is 1. The monoisotopic (exact) mass is 328 g/mol. The molecular formula is C8H9IO2Zn-. The Kier molecular flexibility index (Phi) is 9.91. The molecule has 0 spiro atoms. The number of hydrogen-bond acceptors (Lipinski definition) is 2. The number of methoxy groups -OCH3 is 2. The third-order valence-electron chi connectivity index (χ3n) is 1.21. The summed E-state index contributed by atoms with van der Waals surface area (Å²) >= 11 is 0. The Hall–Kier alpha value is 0.373. The van der Waals surface area contributed by atoms with E-state index >= 15 is 0 Å². The molecule has 0 aromatic heterocycles. The Morgan fingerprint density at radius 1 is 1.17 bits per heavy atom. The van der Waals surface area contributed by atoms with Crippen LogP contribution >= 0.6 is 0 Å². The minimum Gasteiger partial charge on any atom is -1.00 e. The summed E-state index contributed by atoms with van der Waals surface area (Å²) in [5.74, 6) is 0.763. The van der Waals surface area contributed by atoms with Crippen LogP contribution in [0, 0.1) is 6.10 Å². The fraction of sp³-hybridized carbons (Fsp3) is 0.250. The van der Waals surface area contributed by atoms with Gasteiger partial charge in [-0.2, -0.15) is 0 Å². The minimum atomic E-state index is 0. The zero-order valence-electron chi connectivity index (χ0n) is 7.13. The molecule has 12 heavy (non-hydrogen) atoms. The van der Waals surface area contributed by atoms with Gasteiger partial charge in [-0.25, -0.2) is 0 Å². The maximum absolute atomic E-state index is 4.95. The molecule has 0 heterocycles. The van der Waals surface area contributed by atoms with Crippen molar-refractivity contribution in [2.75, 3.05) is 14.2 Å². The number of hydrogen-bond donors (Lipinski definition) is 0. The van der Waals surface area contributed by atoms with Gasteiger partial charge in [-0.15, -0.1) is 5.73 Å². The van der Waals surface area contributed by atoms with Crippen LogP contribution in [0.15, 0.2) is 29.7 Å². The van der Waals surface area contributed by atoms with E-state index in [0.29, 0.717) is 0 Å². The molecule has 1 aliphatic rings. The summed E-state index contributed by atoms with van der Waals surface area (Å²) in [7, 11) is 3.23. The molecule has 0 amide bonds. The molecule has 0 aliphatic heterocycles. The summed E-state index contributed by atoms with van der Waals surface area (Å²) in [6, 6.07) is 0. The van der Waals surface area contributed by atoms with Crippen molar-refractivity contribution in [3.63, 3.8) is 0 Å². The molecule has 0 saturated carbocycles. The van der Waals surface area contributed by atoms with Crippen molar-refractivity contribution >= 4 is 0 Å². The molecule has 63 valence electrons. The third-order valence-corrected chi connectivity index (χ3v) is 1.21. The van der Waals surface area contributed by atoms with Crippen molar-refractivity contribution in [1.82, 2.24) is 0 Å². The third kappa shape index (κ3) is 4.41. The average Bonchev–Trinajstić information content (AvgIpc) is 2.05. The average molecular weight is 329 g/mol. The van der Waals surface area contributed by atoms with Crippen molar-refractivity contribution in [3.05, 3.63) is 35.8 Å². The molecule has 1 radical (unpaired) electrons. The van der Waals surface area contributed by atoms with Crippen LogP contribution in [0.5, 0.6) is 0 Å². The van der Waals surface area contributed by atoms with E-state index in [1.54, 1.807) is 32.4 Å². The van der Waals surface area contributed by atoms with E-state index in [4.69, 9.17) is 9.47 Å². The minimum absolute atomic E-state index is 0. The van der Waals surface area contributed by atoms with E-state index in [-0.39, 0.29) is 43.5 Å². The van der Waals surface area contributed by atoms with Crippen LogP contribution in [0.2, 0.25) is 0 Å². The maximum atomic E-state index is 4.95. The first-order valence-electron chi connectivity index (χ1n) is 2.96. The molecule has 2 nitrogen and oxygen atoms in total. The second-order valence-corrected chi connectivity index (χ2v) is 1.81. The van der Waals surface area contributed by atoms with Gasteiger partial charge in [-0.05, 0) is 12.2 Å². The molecule has 0 aromatic rings. The fourth-order valence-electron chi connectivity index (χ4n) is 0.665. The zero-order chi connectivity index (χ0) is 7.40. The first kappa shape index (κ1) is 14.9. The molecule has 0 bridgehead atoms. The van der Waals surface area contributed by atoms with Gasteiger partial charge in [0.1, 0.15) is 5.76 Å². The summed E-state index contributed by atoms with van der Waals surface area (Å²) in [6.45, 7) is 0. The Morgan fingerprint density at radius 3 is 2.33 bits per heavy atom. The topological polar surface area (TPSA) is 18.5 Å². The van der Waals surface area contributed by atoms with Gasteiger partial charge < -0.3 is 33.5 Å². The van der Waals surface area contributed by atoms with Gasteiger partial charge in [-0.3, -0.25) is 0 Å². The van der Waals surface area contributed by atoms with Crippen LogP contribution in [-0.2, 0) is 29.0 Å². The maximum Gasteiger partial charge on any atom is 0.152 e. The molecule has 0 saturated heterocycles. The van der Waals surface area contributed by atoms with Gasteiger partial charge in [-0.1, -0.05) is 0 Å². The van der Waals surface area contributed by atoms with Gasteiger partial charge in [0.15, 0.2) is 6.10 Å². The van der Waals surface area contributed by atoms with Crippen LogP contribution in [-0.4, -0.2) is 14.2 Å².